The zero-order chi connectivity index (χ0) is 20.9. The zero-order valence-electron chi connectivity index (χ0n) is 17.5. The summed E-state index contributed by atoms with van der Waals surface area (Å²) in [7, 11) is 0. The number of nitrogens with zero attached hydrogens (tertiary/aromatic N) is 1. The molecule has 1 amide bonds. The van der Waals surface area contributed by atoms with Crippen molar-refractivity contribution in [3.63, 3.8) is 0 Å². The molecule has 1 N–H and O–H groups in total. The molecular weight excluding hydrogens is 384 g/mol. The van der Waals surface area contributed by atoms with E-state index in [-0.39, 0.29) is 5.91 Å². The van der Waals surface area contributed by atoms with Crippen molar-refractivity contribution in [2.75, 3.05) is 49.7 Å². The van der Waals surface area contributed by atoms with Gasteiger partial charge in [0.1, 0.15) is 17.2 Å². The molecule has 0 aromatic heterocycles. The Labute approximate surface area is 176 Å². The first-order valence-corrected chi connectivity index (χ1v) is 10.5. The highest BCUT2D eigenvalue weighted by atomic mass is 16.5. The molecule has 160 valence electrons. The summed E-state index contributed by atoms with van der Waals surface area (Å²) < 4.78 is 23.1. The van der Waals surface area contributed by atoms with Crippen molar-refractivity contribution in [1.29, 1.82) is 0 Å². The molecule has 7 heteroatoms. The Hall–Kier alpha value is -2.93. The Morgan fingerprint density at radius 2 is 1.83 bits per heavy atom. The number of anilines is 2. The topological polar surface area (TPSA) is 69.3 Å². The minimum absolute atomic E-state index is 0.200. The first-order valence-electron chi connectivity index (χ1n) is 10.5. The van der Waals surface area contributed by atoms with E-state index in [0.29, 0.717) is 50.0 Å². The van der Waals surface area contributed by atoms with Gasteiger partial charge >= 0.3 is 0 Å². The molecule has 4 rings (SSSR count). The highest BCUT2D eigenvalue weighted by Crippen LogP contribution is 2.40. The van der Waals surface area contributed by atoms with E-state index in [0.717, 1.165) is 30.1 Å². The van der Waals surface area contributed by atoms with Gasteiger partial charge < -0.3 is 29.2 Å². The fourth-order valence-corrected chi connectivity index (χ4v) is 3.79. The van der Waals surface area contributed by atoms with Gasteiger partial charge in [-0.15, -0.1) is 0 Å². The summed E-state index contributed by atoms with van der Waals surface area (Å²) in [5.74, 6) is 1.90. The summed E-state index contributed by atoms with van der Waals surface area (Å²) >= 11 is 0. The molecule has 1 unspecified atom stereocenters. The van der Waals surface area contributed by atoms with Crippen molar-refractivity contribution in [2.24, 2.45) is 0 Å². The third-order valence-electron chi connectivity index (χ3n) is 5.21. The number of carbonyl (C=O) groups excluding carboxylic acids is 1. The molecular formula is C23H28N2O5. The van der Waals surface area contributed by atoms with Crippen LogP contribution < -0.4 is 24.4 Å². The van der Waals surface area contributed by atoms with Gasteiger partial charge in [-0.05, 0) is 25.5 Å². The molecule has 0 saturated carbocycles. The predicted octanol–water partition coefficient (Wildman–Crippen LogP) is 3.26. The number of hydrogen-bond donors (Lipinski definition) is 1. The number of fused-ring (bicyclic) bond motifs is 1. The third-order valence-corrected chi connectivity index (χ3v) is 5.21. The number of amides is 1. The molecule has 2 aromatic carbocycles. The molecule has 1 fully saturated rings. The lowest BCUT2D eigenvalue weighted by molar-refractivity contribution is -0.122. The maximum atomic E-state index is 12.9. The minimum Gasteiger partial charge on any atom is -0.492 e. The minimum atomic E-state index is -0.564. The lowest BCUT2D eigenvalue weighted by Gasteiger charge is -2.31. The van der Waals surface area contributed by atoms with Crippen LogP contribution in [0.2, 0.25) is 0 Å². The van der Waals surface area contributed by atoms with Gasteiger partial charge in [0, 0.05) is 31.6 Å². The molecule has 1 atom stereocenters. The molecule has 7 nitrogen and oxygen atoms in total. The first kappa shape index (κ1) is 20.3. The standard InChI is InChI=1S/C23H28N2O5/c1-3-28-20-15-18(25-9-11-27-12-10-25)21(29-4-2)14-17(20)24-23(26)22-13-16-7-5-6-8-19(16)30-22/h5-8,14-15,22H,3-4,9-13H2,1-2H3,(H,24,26). The van der Waals surface area contributed by atoms with Gasteiger partial charge in [-0.25, -0.2) is 0 Å². The van der Waals surface area contributed by atoms with E-state index >= 15 is 0 Å². The van der Waals surface area contributed by atoms with E-state index in [1.807, 2.05) is 50.2 Å². The molecule has 0 radical (unpaired) electrons. The Morgan fingerprint density at radius 1 is 1.10 bits per heavy atom. The van der Waals surface area contributed by atoms with Gasteiger partial charge in [0.2, 0.25) is 0 Å². The summed E-state index contributed by atoms with van der Waals surface area (Å²) in [5, 5.41) is 2.99. The van der Waals surface area contributed by atoms with E-state index in [4.69, 9.17) is 18.9 Å². The van der Waals surface area contributed by atoms with Crippen LogP contribution in [0.4, 0.5) is 11.4 Å². The lowest BCUT2D eigenvalue weighted by atomic mass is 10.1. The van der Waals surface area contributed by atoms with Crippen LogP contribution in [-0.2, 0) is 16.0 Å². The van der Waals surface area contributed by atoms with Gasteiger partial charge in [0.25, 0.3) is 5.91 Å². The number of ether oxygens (including phenoxy) is 4. The van der Waals surface area contributed by atoms with Crippen LogP contribution in [0.3, 0.4) is 0 Å². The van der Waals surface area contributed by atoms with Gasteiger partial charge in [-0.3, -0.25) is 4.79 Å². The maximum absolute atomic E-state index is 12.9. The van der Waals surface area contributed by atoms with Crippen molar-refractivity contribution < 1.29 is 23.7 Å². The average Bonchev–Trinajstić information content (AvgIpc) is 3.21. The fourth-order valence-electron chi connectivity index (χ4n) is 3.79. The lowest BCUT2D eigenvalue weighted by Crippen LogP contribution is -2.36. The summed E-state index contributed by atoms with van der Waals surface area (Å²) in [6, 6.07) is 11.5. The van der Waals surface area contributed by atoms with E-state index < -0.39 is 6.10 Å². The van der Waals surface area contributed by atoms with Crippen molar-refractivity contribution in [1.82, 2.24) is 0 Å². The normalized spacial score (nSPS) is 17.8. The largest absolute Gasteiger partial charge is 0.492 e. The van der Waals surface area contributed by atoms with E-state index in [9.17, 15) is 4.79 Å². The average molecular weight is 412 g/mol. The maximum Gasteiger partial charge on any atom is 0.265 e. The Kier molecular flexibility index (Phi) is 6.28. The summed E-state index contributed by atoms with van der Waals surface area (Å²) in [6.45, 7) is 7.80. The molecule has 0 spiro atoms. The fraction of sp³-hybridized carbons (Fsp3) is 0.435. The number of para-hydroxylation sites is 1. The van der Waals surface area contributed by atoms with E-state index in [1.165, 1.54) is 0 Å². The van der Waals surface area contributed by atoms with E-state index in [1.54, 1.807) is 0 Å². The molecule has 2 aliphatic rings. The SMILES string of the molecule is CCOc1cc(N2CCOCC2)c(OCC)cc1NC(=O)C1Cc2ccccc2O1. The summed E-state index contributed by atoms with van der Waals surface area (Å²) in [6.07, 6.45) is -0.0118. The van der Waals surface area contributed by atoms with Crippen LogP contribution in [0, 0.1) is 0 Å². The van der Waals surface area contributed by atoms with Crippen LogP contribution in [0.1, 0.15) is 19.4 Å². The Bertz CT molecular complexity index is 870. The number of hydrogen-bond acceptors (Lipinski definition) is 6. The number of rotatable bonds is 7. The number of nitrogens with one attached hydrogen (secondary N) is 1. The predicted molar refractivity (Wildman–Crippen MR) is 115 cm³/mol. The quantitative estimate of drug-likeness (QED) is 0.753. The Morgan fingerprint density at radius 3 is 2.57 bits per heavy atom. The second-order valence-electron chi connectivity index (χ2n) is 7.19. The van der Waals surface area contributed by atoms with Crippen LogP contribution in [0.5, 0.6) is 17.2 Å². The van der Waals surface area contributed by atoms with Gasteiger partial charge in [0.15, 0.2) is 6.10 Å². The van der Waals surface area contributed by atoms with Crippen LogP contribution in [-0.4, -0.2) is 51.5 Å². The van der Waals surface area contributed by atoms with E-state index in [2.05, 4.69) is 10.2 Å². The molecule has 1 saturated heterocycles. The van der Waals surface area contributed by atoms with Crippen LogP contribution in [0.25, 0.3) is 0 Å². The second kappa shape index (κ2) is 9.26. The van der Waals surface area contributed by atoms with Crippen molar-refractivity contribution in [3.8, 4) is 17.2 Å². The number of morpholine rings is 1. The third kappa shape index (κ3) is 4.31. The first-order chi connectivity index (χ1) is 14.7. The molecule has 2 aromatic rings. The van der Waals surface area contributed by atoms with Crippen molar-refractivity contribution in [3.05, 3.63) is 42.0 Å². The Balaban J connectivity index is 1.58. The molecule has 0 bridgehead atoms. The van der Waals surface area contributed by atoms with Crippen molar-refractivity contribution in [2.45, 2.75) is 26.4 Å². The highest BCUT2D eigenvalue weighted by molar-refractivity contribution is 5.97. The molecule has 2 heterocycles. The zero-order valence-corrected chi connectivity index (χ0v) is 17.5. The molecule has 0 aliphatic carbocycles. The highest BCUT2D eigenvalue weighted by Gasteiger charge is 2.30. The van der Waals surface area contributed by atoms with Crippen LogP contribution >= 0.6 is 0 Å². The van der Waals surface area contributed by atoms with Crippen molar-refractivity contribution >= 4 is 17.3 Å². The smallest absolute Gasteiger partial charge is 0.265 e. The monoisotopic (exact) mass is 412 g/mol. The van der Waals surface area contributed by atoms with Gasteiger partial charge in [0.05, 0.1) is 37.8 Å². The number of carbonyl (C=O) groups is 1. The molecule has 2 aliphatic heterocycles. The van der Waals surface area contributed by atoms with Gasteiger partial charge in [-0.1, -0.05) is 18.2 Å². The summed E-state index contributed by atoms with van der Waals surface area (Å²) in [4.78, 5) is 15.2. The van der Waals surface area contributed by atoms with Gasteiger partial charge in [-0.2, -0.15) is 0 Å². The second-order valence-corrected chi connectivity index (χ2v) is 7.19. The molecule has 30 heavy (non-hydrogen) atoms. The number of benzene rings is 2. The van der Waals surface area contributed by atoms with Crippen LogP contribution in [0.15, 0.2) is 36.4 Å². The summed E-state index contributed by atoms with van der Waals surface area (Å²) in [5.41, 5.74) is 2.58.